The van der Waals surface area contributed by atoms with Crippen LogP contribution in [0.15, 0.2) is 24.3 Å². The van der Waals surface area contributed by atoms with Crippen LogP contribution < -0.4 is 9.46 Å². The van der Waals surface area contributed by atoms with E-state index in [4.69, 9.17) is 4.74 Å². The molecular weight excluding hydrogens is 402 g/mol. The van der Waals surface area contributed by atoms with Gasteiger partial charge in [-0.25, -0.2) is 21.9 Å². The summed E-state index contributed by atoms with van der Waals surface area (Å²) in [5.41, 5.74) is 0.570. The van der Waals surface area contributed by atoms with E-state index in [0.29, 0.717) is 11.3 Å². The lowest BCUT2D eigenvalue weighted by Gasteiger charge is -2.35. The number of hydrogen-bond donors (Lipinski definition) is 1. The summed E-state index contributed by atoms with van der Waals surface area (Å²) in [7, 11) is -3.50. The molecule has 2 atom stereocenters. The first-order chi connectivity index (χ1) is 13.6. The first-order valence-corrected chi connectivity index (χ1v) is 11.9. The monoisotopic (exact) mass is 430 g/mol. The number of carbonyl (C=O) groups is 1. The molecule has 2 aliphatic rings. The Labute approximate surface area is 170 Å². The Morgan fingerprint density at radius 3 is 2.48 bits per heavy atom. The fourth-order valence-electron chi connectivity index (χ4n) is 4.01. The first kappa shape index (κ1) is 22.0. The van der Waals surface area contributed by atoms with Gasteiger partial charge in [0.15, 0.2) is 0 Å². The molecule has 1 amide bonds. The predicted molar refractivity (Wildman–Crippen MR) is 106 cm³/mol. The molecule has 1 aromatic carbocycles. The van der Waals surface area contributed by atoms with Crippen LogP contribution in [0.25, 0.3) is 0 Å². The van der Waals surface area contributed by atoms with Crippen molar-refractivity contribution < 1.29 is 26.7 Å². The molecule has 6 nitrogen and oxygen atoms in total. The highest BCUT2D eigenvalue weighted by molar-refractivity contribution is 7.88. The highest BCUT2D eigenvalue weighted by Gasteiger charge is 2.42. The quantitative estimate of drug-likeness (QED) is 0.753. The minimum atomic E-state index is -3.50. The zero-order valence-electron chi connectivity index (χ0n) is 16.6. The molecule has 1 heterocycles. The molecule has 29 heavy (non-hydrogen) atoms. The Kier molecular flexibility index (Phi) is 6.78. The number of piperidine rings is 1. The Morgan fingerprint density at radius 2 is 1.86 bits per heavy atom. The van der Waals surface area contributed by atoms with Crippen molar-refractivity contribution >= 4 is 15.9 Å². The molecule has 0 radical (unpaired) electrons. The van der Waals surface area contributed by atoms with E-state index in [9.17, 15) is 22.0 Å². The van der Waals surface area contributed by atoms with Crippen LogP contribution in [-0.2, 0) is 10.0 Å². The van der Waals surface area contributed by atoms with Gasteiger partial charge in [0.2, 0.25) is 15.9 Å². The Balaban J connectivity index is 1.60. The molecule has 1 aliphatic carbocycles. The summed E-state index contributed by atoms with van der Waals surface area (Å²) in [5.74, 6) is -3.01. The number of alkyl halides is 2. The van der Waals surface area contributed by atoms with Gasteiger partial charge in [-0.2, -0.15) is 0 Å². The molecule has 2 fully saturated rings. The average Bonchev–Trinajstić information content (AvgIpc) is 2.67. The van der Waals surface area contributed by atoms with Crippen molar-refractivity contribution in [3.8, 4) is 5.75 Å². The lowest BCUT2D eigenvalue weighted by molar-refractivity contribution is -0.0660. The van der Waals surface area contributed by atoms with Crippen molar-refractivity contribution in [3.63, 3.8) is 0 Å². The maximum atomic E-state index is 13.8. The maximum absolute atomic E-state index is 13.8. The standard InChI is InChI=1S/C20H28F2N2O4S/c1-29(26,27)23-18-9-10-20(21,22)13-16(18)14-28-17-7-5-15(6-8-17)19(25)24-11-3-2-4-12-24/h5-8,16,18,23H,2-4,9-14H2,1H3. The lowest BCUT2D eigenvalue weighted by atomic mass is 9.83. The van der Waals surface area contributed by atoms with Gasteiger partial charge in [0.1, 0.15) is 5.75 Å². The van der Waals surface area contributed by atoms with Crippen LogP contribution in [0.1, 0.15) is 48.9 Å². The second-order valence-corrected chi connectivity index (χ2v) is 9.82. The van der Waals surface area contributed by atoms with Crippen molar-refractivity contribution in [2.75, 3.05) is 26.0 Å². The van der Waals surface area contributed by atoms with Crippen molar-refractivity contribution in [1.29, 1.82) is 0 Å². The van der Waals surface area contributed by atoms with Gasteiger partial charge in [0.05, 0.1) is 12.9 Å². The average molecular weight is 431 g/mol. The summed E-state index contributed by atoms with van der Waals surface area (Å²) in [6, 6.07) is 6.07. The molecule has 162 valence electrons. The van der Waals surface area contributed by atoms with Crippen LogP contribution in [0, 0.1) is 5.92 Å². The van der Waals surface area contributed by atoms with Gasteiger partial charge in [0, 0.05) is 43.5 Å². The summed E-state index contributed by atoms with van der Waals surface area (Å²) in [6.45, 7) is 1.51. The predicted octanol–water partition coefficient (Wildman–Crippen LogP) is 3.04. The van der Waals surface area contributed by atoms with Crippen LogP contribution in [0.2, 0.25) is 0 Å². The van der Waals surface area contributed by atoms with Crippen LogP contribution in [0.5, 0.6) is 5.75 Å². The highest BCUT2D eigenvalue weighted by atomic mass is 32.2. The largest absolute Gasteiger partial charge is 0.493 e. The van der Waals surface area contributed by atoms with E-state index in [-0.39, 0.29) is 25.4 Å². The number of nitrogens with zero attached hydrogens (tertiary/aromatic N) is 1. The zero-order chi connectivity index (χ0) is 21.1. The van der Waals surface area contributed by atoms with Crippen molar-refractivity contribution in [3.05, 3.63) is 29.8 Å². The molecule has 9 heteroatoms. The Morgan fingerprint density at radius 1 is 1.21 bits per heavy atom. The van der Waals surface area contributed by atoms with E-state index in [1.54, 1.807) is 24.3 Å². The lowest BCUT2D eigenvalue weighted by Crippen LogP contribution is -2.48. The molecule has 1 aromatic rings. The summed E-state index contributed by atoms with van der Waals surface area (Å²) in [4.78, 5) is 14.3. The van der Waals surface area contributed by atoms with Crippen molar-refractivity contribution in [1.82, 2.24) is 9.62 Å². The second-order valence-electron chi connectivity index (χ2n) is 8.04. The van der Waals surface area contributed by atoms with Crippen molar-refractivity contribution in [2.45, 2.75) is 50.5 Å². The van der Waals surface area contributed by atoms with E-state index >= 15 is 0 Å². The fourth-order valence-corrected chi connectivity index (χ4v) is 4.87. The van der Waals surface area contributed by atoms with Gasteiger partial charge in [-0.15, -0.1) is 0 Å². The molecule has 0 aromatic heterocycles. The van der Waals surface area contributed by atoms with Crippen LogP contribution in [-0.4, -0.2) is 57.1 Å². The molecule has 0 spiro atoms. The number of benzene rings is 1. The van der Waals surface area contributed by atoms with Gasteiger partial charge in [0.25, 0.3) is 5.91 Å². The van der Waals surface area contributed by atoms with Gasteiger partial charge < -0.3 is 9.64 Å². The highest BCUT2D eigenvalue weighted by Crippen LogP contribution is 2.37. The third-order valence-corrected chi connectivity index (χ3v) is 6.26. The third-order valence-electron chi connectivity index (χ3n) is 5.53. The Hall–Kier alpha value is -1.74. The first-order valence-electron chi connectivity index (χ1n) is 10.0. The number of amides is 1. The number of hydrogen-bond acceptors (Lipinski definition) is 4. The molecule has 1 N–H and O–H groups in total. The number of ether oxygens (including phenoxy) is 1. The fraction of sp³-hybridized carbons (Fsp3) is 0.650. The number of halogens is 2. The molecule has 1 saturated carbocycles. The Bertz CT molecular complexity index is 808. The van der Waals surface area contributed by atoms with E-state index in [1.807, 2.05) is 4.90 Å². The number of likely N-dealkylation sites (tertiary alicyclic amines) is 1. The molecular formula is C20H28F2N2O4S. The van der Waals surface area contributed by atoms with Crippen LogP contribution in [0.4, 0.5) is 8.78 Å². The molecule has 1 aliphatic heterocycles. The van der Waals surface area contributed by atoms with E-state index < -0.39 is 34.3 Å². The summed E-state index contributed by atoms with van der Waals surface area (Å²) in [6.07, 6.45) is 3.50. The van der Waals surface area contributed by atoms with Gasteiger partial charge in [-0.1, -0.05) is 0 Å². The number of rotatable bonds is 6. The van der Waals surface area contributed by atoms with Gasteiger partial charge in [-0.3, -0.25) is 4.79 Å². The van der Waals surface area contributed by atoms with E-state index in [2.05, 4.69) is 4.72 Å². The molecule has 2 unspecified atom stereocenters. The SMILES string of the molecule is CS(=O)(=O)NC1CCC(F)(F)CC1COc1ccc(C(=O)N2CCCCC2)cc1. The summed E-state index contributed by atoms with van der Waals surface area (Å²) in [5, 5.41) is 0. The second kappa shape index (κ2) is 8.95. The van der Waals surface area contributed by atoms with Gasteiger partial charge in [-0.05, 0) is 49.9 Å². The molecule has 1 saturated heterocycles. The number of sulfonamides is 1. The van der Waals surface area contributed by atoms with Gasteiger partial charge >= 0.3 is 0 Å². The number of carbonyl (C=O) groups excluding carboxylic acids is 1. The molecule has 0 bridgehead atoms. The summed E-state index contributed by atoms with van der Waals surface area (Å²) >= 11 is 0. The third kappa shape index (κ3) is 6.37. The van der Waals surface area contributed by atoms with E-state index in [1.165, 1.54) is 0 Å². The minimum absolute atomic E-state index is 0.0133. The van der Waals surface area contributed by atoms with Crippen LogP contribution >= 0.6 is 0 Å². The van der Waals surface area contributed by atoms with E-state index in [0.717, 1.165) is 38.6 Å². The number of nitrogens with one attached hydrogen (secondary N) is 1. The maximum Gasteiger partial charge on any atom is 0.253 e. The van der Waals surface area contributed by atoms with Crippen molar-refractivity contribution in [2.24, 2.45) is 5.92 Å². The summed E-state index contributed by atoms with van der Waals surface area (Å²) < 4.78 is 58.9. The zero-order valence-corrected chi connectivity index (χ0v) is 17.4. The smallest absolute Gasteiger partial charge is 0.253 e. The normalized spacial score (nSPS) is 24.9. The topological polar surface area (TPSA) is 75.7 Å². The minimum Gasteiger partial charge on any atom is -0.493 e. The van der Waals surface area contributed by atoms with Crippen LogP contribution in [0.3, 0.4) is 0 Å². The molecule has 3 rings (SSSR count).